The zero-order chi connectivity index (χ0) is 13.4. The van der Waals surface area contributed by atoms with Crippen LogP contribution in [0.15, 0.2) is 30.3 Å². The van der Waals surface area contributed by atoms with Crippen molar-refractivity contribution in [1.29, 1.82) is 0 Å². The molecule has 0 spiro atoms. The summed E-state index contributed by atoms with van der Waals surface area (Å²) in [5.41, 5.74) is 0. The molecular formula is C11H20O4Si3. The van der Waals surface area contributed by atoms with Gasteiger partial charge in [-0.25, -0.2) is 0 Å². The monoisotopic (exact) mass is 300 g/mol. The van der Waals surface area contributed by atoms with Crippen LogP contribution in [0.25, 0.3) is 0 Å². The molecule has 1 aliphatic rings. The van der Waals surface area contributed by atoms with Gasteiger partial charge in [-0.1, -0.05) is 30.3 Å². The third-order valence-electron chi connectivity index (χ3n) is 2.65. The van der Waals surface area contributed by atoms with Crippen LogP contribution in [0.2, 0.25) is 26.2 Å². The summed E-state index contributed by atoms with van der Waals surface area (Å²) in [5.74, 6) is 0. The first-order valence-corrected chi connectivity index (χ1v) is 13.4. The topological polar surface area (TPSA) is 36.9 Å². The number of rotatable bonds is 2. The Kier molecular flexibility index (Phi) is 3.67. The standard InChI is InChI=1S/C11H20O4Si3/c1-12-18(11-9-7-6-8-10-11)14-16(2,3)13-17(4,5)15-18/h6-10H,1-5H3. The van der Waals surface area contributed by atoms with Gasteiger partial charge < -0.3 is 16.8 Å². The van der Waals surface area contributed by atoms with Crippen LogP contribution >= 0.6 is 0 Å². The van der Waals surface area contributed by atoms with Crippen molar-refractivity contribution < 1.29 is 16.8 Å². The van der Waals surface area contributed by atoms with Crippen molar-refractivity contribution in [3.05, 3.63) is 30.3 Å². The Labute approximate surface area is 112 Å². The van der Waals surface area contributed by atoms with E-state index in [1.165, 1.54) is 0 Å². The van der Waals surface area contributed by atoms with E-state index in [-0.39, 0.29) is 0 Å². The summed E-state index contributed by atoms with van der Waals surface area (Å²) in [4.78, 5) is 0. The van der Waals surface area contributed by atoms with Crippen LogP contribution in [0.4, 0.5) is 0 Å². The molecule has 100 valence electrons. The fraction of sp³-hybridized carbons (Fsp3) is 0.455. The summed E-state index contributed by atoms with van der Waals surface area (Å²) in [5, 5.41) is 1.01. The summed E-state index contributed by atoms with van der Waals surface area (Å²) in [6.07, 6.45) is 0. The molecular weight excluding hydrogens is 280 g/mol. The van der Waals surface area contributed by atoms with E-state index in [4.69, 9.17) is 16.8 Å². The van der Waals surface area contributed by atoms with E-state index in [0.29, 0.717) is 0 Å². The summed E-state index contributed by atoms with van der Waals surface area (Å²) >= 11 is 0. The number of benzene rings is 1. The minimum atomic E-state index is -2.81. The molecule has 0 amide bonds. The Hall–Kier alpha value is -0.289. The lowest BCUT2D eigenvalue weighted by atomic mass is 10.4. The second-order valence-electron chi connectivity index (χ2n) is 5.23. The molecule has 4 nitrogen and oxygen atoms in total. The fourth-order valence-corrected chi connectivity index (χ4v) is 16.2. The fourth-order valence-electron chi connectivity index (χ4n) is 2.26. The molecule has 0 aliphatic carbocycles. The van der Waals surface area contributed by atoms with E-state index in [0.717, 1.165) is 5.19 Å². The average molecular weight is 301 g/mol. The van der Waals surface area contributed by atoms with Gasteiger partial charge in [0.2, 0.25) is 0 Å². The van der Waals surface area contributed by atoms with E-state index in [2.05, 4.69) is 0 Å². The van der Waals surface area contributed by atoms with Gasteiger partial charge in [0, 0.05) is 12.3 Å². The first-order chi connectivity index (χ1) is 8.29. The lowest BCUT2D eigenvalue weighted by Crippen LogP contribution is -2.72. The molecule has 0 N–H and O–H groups in total. The first kappa shape index (κ1) is 14.1. The van der Waals surface area contributed by atoms with Crippen LogP contribution in [0.1, 0.15) is 0 Å². The molecule has 0 saturated carbocycles. The van der Waals surface area contributed by atoms with Crippen LogP contribution in [0, 0.1) is 0 Å². The van der Waals surface area contributed by atoms with Crippen LogP contribution in [0.5, 0.6) is 0 Å². The van der Waals surface area contributed by atoms with Gasteiger partial charge in [0.1, 0.15) is 0 Å². The smallest absolute Gasteiger partial charge is 0.416 e. The number of hydrogen-bond acceptors (Lipinski definition) is 4. The molecule has 0 atom stereocenters. The number of hydrogen-bond donors (Lipinski definition) is 0. The zero-order valence-electron chi connectivity index (χ0n) is 11.5. The van der Waals surface area contributed by atoms with E-state index in [1.54, 1.807) is 7.11 Å². The Morgan fingerprint density at radius 3 is 1.78 bits per heavy atom. The third-order valence-corrected chi connectivity index (χ3v) is 14.2. The van der Waals surface area contributed by atoms with Gasteiger partial charge >= 0.3 is 25.9 Å². The summed E-state index contributed by atoms with van der Waals surface area (Å²) < 4.78 is 24.1. The molecule has 18 heavy (non-hydrogen) atoms. The molecule has 1 heterocycles. The van der Waals surface area contributed by atoms with Gasteiger partial charge in [0.05, 0.1) is 0 Å². The average Bonchev–Trinajstić information content (AvgIpc) is 2.26. The molecule has 0 radical (unpaired) electrons. The maximum atomic E-state index is 6.18. The van der Waals surface area contributed by atoms with Gasteiger partial charge in [-0.3, -0.25) is 0 Å². The van der Waals surface area contributed by atoms with Gasteiger partial charge in [0.15, 0.2) is 0 Å². The highest BCUT2D eigenvalue weighted by Crippen LogP contribution is 2.30. The predicted molar refractivity (Wildman–Crippen MR) is 77.1 cm³/mol. The van der Waals surface area contributed by atoms with Crippen molar-refractivity contribution in [3.8, 4) is 0 Å². The molecule has 0 aromatic heterocycles. The lowest BCUT2D eigenvalue weighted by molar-refractivity contribution is 0.148. The quantitative estimate of drug-likeness (QED) is 0.782. The second-order valence-corrected chi connectivity index (χ2v) is 15.4. The van der Waals surface area contributed by atoms with E-state index >= 15 is 0 Å². The summed E-state index contributed by atoms with van der Waals surface area (Å²) in [6.45, 7) is 8.20. The largest absolute Gasteiger partial charge is 0.519 e. The minimum Gasteiger partial charge on any atom is -0.416 e. The second kappa shape index (κ2) is 4.67. The third kappa shape index (κ3) is 2.82. The van der Waals surface area contributed by atoms with Gasteiger partial charge in [-0.2, -0.15) is 0 Å². The van der Waals surface area contributed by atoms with Crippen molar-refractivity contribution in [3.63, 3.8) is 0 Å². The SMILES string of the molecule is CO[Si]1(c2ccccc2)O[Si](C)(C)O[Si](C)(C)O1. The normalized spacial score (nSPS) is 24.7. The Morgan fingerprint density at radius 2 is 1.33 bits per heavy atom. The molecule has 0 unspecified atom stereocenters. The molecule has 2 rings (SSSR count). The summed E-state index contributed by atoms with van der Waals surface area (Å²) in [7, 11) is -5.52. The minimum absolute atomic E-state index is 1.01. The van der Waals surface area contributed by atoms with Crippen molar-refractivity contribution in [1.82, 2.24) is 0 Å². The Bertz CT molecular complexity index is 406. The molecule has 7 heteroatoms. The first-order valence-electron chi connectivity index (χ1n) is 6.00. The molecule has 1 saturated heterocycles. The lowest BCUT2D eigenvalue weighted by Gasteiger charge is -2.47. The summed E-state index contributed by atoms with van der Waals surface area (Å²) in [6, 6.07) is 9.96. The maximum absolute atomic E-state index is 6.18. The van der Waals surface area contributed by atoms with E-state index < -0.39 is 25.9 Å². The van der Waals surface area contributed by atoms with Crippen molar-refractivity contribution in [2.45, 2.75) is 26.2 Å². The van der Waals surface area contributed by atoms with Crippen LogP contribution in [-0.2, 0) is 16.8 Å². The molecule has 1 aromatic rings. The van der Waals surface area contributed by atoms with Crippen LogP contribution in [-0.4, -0.2) is 33.0 Å². The zero-order valence-corrected chi connectivity index (χ0v) is 14.5. The van der Waals surface area contributed by atoms with E-state index in [9.17, 15) is 0 Å². The van der Waals surface area contributed by atoms with Crippen molar-refractivity contribution in [2.24, 2.45) is 0 Å². The van der Waals surface area contributed by atoms with Crippen LogP contribution in [0.3, 0.4) is 0 Å². The van der Waals surface area contributed by atoms with Gasteiger partial charge in [-0.15, -0.1) is 0 Å². The molecule has 1 aromatic carbocycles. The Balaban J connectivity index is 2.43. The highest BCUT2D eigenvalue weighted by molar-refractivity contribution is 6.95. The van der Waals surface area contributed by atoms with Crippen molar-refractivity contribution >= 4 is 31.1 Å². The van der Waals surface area contributed by atoms with Crippen molar-refractivity contribution in [2.75, 3.05) is 7.11 Å². The van der Waals surface area contributed by atoms with Gasteiger partial charge in [-0.05, 0) is 26.2 Å². The molecule has 1 fully saturated rings. The molecule has 0 bridgehead atoms. The van der Waals surface area contributed by atoms with Gasteiger partial charge in [0.25, 0.3) is 0 Å². The highest BCUT2D eigenvalue weighted by atomic mass is 28.5. The van der Waals surface area contributed by atoms with E-state index in [1.807, 2.05) is 56.5 Å². The van der Waals surface area contributed by atoms with Crippen LogP contribution < -0.4 is 5.19 Å². The maximum Gasteiger partial charge on any atom is 0.519 e. The Morgan fingerprint density at radius 1 is 0.833 bits per heavy atom. The molecule has 1 aliphatic heterocycles. The highest BCUT2D eigenvalue weighted by Gasteiger charge is 2.58. The predicted octanol–water partition coefficient (Wildman–Crippen LogP) is 1.95.